The predicted molar refractivity (Wildman–Crippen MR) is 92.0 cm³/mol. The molecule has 1 heterocycles. The van der Waals surface area contributed by atoms with Crippen LogP contribution < -0.4 is 0 Å². The summed E-state index contributed by atoms with van der Waals surface area (Å²) < 4.78 is 2.50. The summed E-state index contributed by atoms with van der Waals surface area (Å²) in [6.07, 6.45) is 6.61. The zero-order valence-corrected chi connectivity index (χ0v) is 13.1. The summed E-state index contributed by atoms with van der Waals surface area (Å²) in [5, 5.41) is 0. The second-order valence-electron chi connectivity index (χ2n) is 6.45. The fourth-order valence-electron chi connectivity index (χ4n) is 3.66. The van der Waals surface area contributed by atoms with Gasteiger partial charge in [-0.3, -0.25) is 0 Å². The van der Waals surface area contributed by atoms with E-state index in [0.717, 1.165) is 11.3 Å². The first-order valence-electron chi connectivity index (χ1n) is 8.37. The molecule has 0 aliphatic heterocycles. The molecule has 0 bridgehead atoms. The van der Waals surface area contributed by atoms with Gasteiger partial charge >= 0.3 is 0 Å². The predicted octanol–water partition coefficient (Wildman–Crippen LogP) is 5.52. The van der Waals surface area contributed by atoms with Crippen LogP contribution >= 0.6 is 0 Å². The molecular weight excluding hydrogens is 268 g/mol. The third kappa shape index (κ3) is 2.33. The van der Waals surface area contributed by atoms with Crippen LogP contribution in [0.15, 0.2) is 48.5 Å². The Hall–Kier alpha value is -2.09. The van der Waals surface area contributed by atoms with Gasteiger partial charge in [0.1, 0.15) is 5.82 Å². The zero-order valence-electron chi connectivity index (χ0n) is 13.1. The molecule has 1 fully saturated rings. The van der Waals surface area contributed by atoms with Gasteiger partial charge in [0.15, 0.2) is 0 Å². The van der Waals surface area contributed by atoms with Crippen molar-refractivity contribution in [1.29, 1.82) is 0 Å². The standard InChI is InChI=1S/C20H22N2/c1-15-11-13-16(14-12-15)20-21-18-9-5-6-10-19(18)22(20)17-7-3-2-4-8-17/h5-6,9-14,17H,2-4,7-8H2,1H3. The monoisotopic (exact) mass is 290 g/mol. The number of imidazole rings is 1. The van der Waals surface area contributed by atoms with E-state index < -0.39 is 0 Å². The summed E-state index contributed by atoms with van der Waals surface area (Å²) >= 11 is 0. The second-order valence-corrected chi connectivity index (χ2v) is 6.45. The van der Waals surface area contributed by atoms with E-state index in [9.17, 15) is 0 Å². The first-order valence-corrected chi connectivity index (χ1v) is 8.37. The van der Waals surface area contributed by atoms with Gasteiger partial charge in [-0.15, -0.1) is 0 Å². The van der Waals surface area contributed by atoms with Crippen molar-refractivity contribution in [1.82, 2.24) is 9.55 Å². The molecular formula is C20H22N2. The largest absolute Gasteiger partial charge is 0.321 e. The van der Waals surface area contributed by atoms with E-state index in [2.05, 4.69) is 60.0 Å². The molecule has 112 valence electrons. The van der Waals surface area contributed by atoms with Crippen LogP contribution in [0.25, 0.3) is 22.4 Å². The van der Waals surface area contributed by atoms with E-state index >= 15 is 0 Å². The van der Waals surface area contributed by atoms with Gasteiger partial charge in [-0.1, -0.05) is 61.2 Å². The molecule has 0 spiro atoms. The number of aryl methyl sites for hydroxylation is 1. The van der Waals surface area contributed by atoms with Crippen molar-refractivity contribution in [2.75, 3.05) is 0 Å². The maximum Gasteiger partial charge on any atom is 0.141 e. The molecule has 1 aliphatic carbocycles. The van der Waals surface area contributed by atoms with E-state index in [1.165, 1.54) is 48.7 Å². The van der Waals surface area contributed by atoms with Gasteiger partial charge in [0.05, 0.1) is 11.0 Å². The molecule has 0 saturated heterocycles. The van der Waals surface area contributed by atoms with Crippen LogP contribution in [0.5, 0.6) is 0 Å². The Morgan fingerprint density at radius 1 is 0.909 bits per heavy atom. The normalized spacial score (nSPS) is 16.2. The lowest BCUT2D eigenvalue weighted by atomic mass is 9.95. The molecule has 0 amide bonds. The fraction of sp³-hybridized carbons (Fsp3) is 0.350. The number of hydrogen-bond donors (Lipinski definition) is 0. The molecule has 0 radical (unpaired) electrons. The van der Waals surface area contributed by atoms with Crippen LogP contribution in [0, 0.1) is 6.92 Å². The van der Waals surface area contributed by atoms with Crippen molar-refractivity contribution in [3.8, 4) is 11.4 Å². The summed E-state index contributed by atoms with van der Waals surface area (Å²) in [4.78, 5) is 4.95. The number of nitrogens with zero attached hydrogens (tertiary/aromatic N) is 2. The highest BCUT2D eigenvalue weighted by Crippen LogP contribution is 2.35. The summed E-state index contributed by atoms with van der Waals surface area (Å²) in [7, 11) is 0. The lowest BCUT2D eigenvalue weighted by Gasteiger charge is -2.25. The highest BCUT2D eigenvalue weighted by molar-refractivity contribution is 5.80. The first-order chi connectivity index (χ1) is 10.8. The van der Waals surface area contributed by atoms with Crippen molar-refractivity contribution in [2.45, 2.75) is 45.1 Å². The minimum Gasteiger partial charge on any atom is -0.321 e. The minimum absolute atomic E-state index is 0.595. The smallest absolute Gasteiger partial charge is 0.141 e. The number of hydrogen-bond acceptors (Lipinski definition) is 1. The molecule has 0 atom stereocenters. The van der Waals surface area contributed by atoms with Crippen LogP contribution in [0.3, 0.4) is 0 Å². The van der Waals surface area contributed by atoms with Gasteiger partial charge in [-0.25, -0.2) is 4.98 Å². The first kappa shape index (κ1) is 13.6. The molecule has 22 heavy (non-hydrogen) atoms. The van der Waals surface area contributed by atoms with E-state index in [4.69, 9.17) is 4.98 Å². The van der Waals surface area contributed by atoms with Crippen LogP contribution in [-0.4, -0.2) is 9.55 Å². The Morgan fingerprint density at radius 3 is 2.41 bits per heavy atom. The Morgan fingerprint density at radius 2 is 1.64 bits per heavy atom. The third-order valence-corrected chi connectivity index (χ3v) is 4.85. The third-order valence-electron chi connectivity index (χ3n) is 4.85. The average molecular weight is 290 g/mol. The van der Waals surface area contributed by atoms with Gasteiger partial charge in [0.25, 0.3) is 0 Å². The Labute approximate surface area is 131 Å². The molecule has 2 nitrogen and oxygen atoms in total. The maximum atomic E-state index is 4.95. The molecule has 1 aliphatic rings. The van der Waals surface area contributed by atoms with Crippen molar-refractivity contribution in [3.63, 3.8) is 0 Å². The molecule has 0 N–H and O–H groups in total. The van der Waals surface area contributed by atoms with E-state index in [0.29, 0.717) is 6.04 Å². The van der Waals surface area contributed by atoms with Crippen molar-refractivity contribution in [2.24, 2.45) is 0 Å². The zero-order chi connectivity index (χ0) is 14.9. The Bertz CT molecular complexity index is 777. The van der Waals surface area contributed by atoms with E-state index in [1.54, 1.807) is 0 Å². The SMILES string of the molecule is Cc1ccc(-c2nc3ccccc3n2C2CCCCC2)cc1. The van der Waals surface area contributed by atoms with Gasteiger partial charge in [-0.2, -0.15) is 0 Å². The molecule has 2 aromatic carbocycles. The maximum absolute atomic E-state index is 4.95. The number of fused-ring (bicyclic) bond motifs is 1. The van der Waals surface area contributed by atoms with Gasteiger partial charge < -0.3 is 4.57 Å². The van der Waals surface area contributed by atoms with Crippen LogP contribution in [0.4, 0.5) is 0 Å². The van der Waals surface area contributed by atoms with Crippen molar-refractivity contribution < 1.29 is 0 Å². The fourth-order valence-corrected chi connectivity index (χ4v) is 3.66. The van der Waals surface area contributed by atoms with Crippen LogP contribution in [-0.2, 0) is 0 Å². The Balaban J connectivity index is 1.90. The lowest BCUT2D eigenvalue weighted by molar-refractivity contribution is 0.362. The lowest BCUT2D eigenvalue weighted by Crippen LogP contribution is -2.13. The van der Waals surface area contributed by atoms with Crippen LogP contribution in [0.1, 0.15) is 43.7 Å². The molecule has 1 aromatic heterocycles. The summed E-state index contributed by atoms with van der Waals surface area (Å²) in [5.41, 5.74) is 4.92. The quantitative estimate of drug-likeness (QED) is 0.608. The summed E-state index contributed by atoms with van der Waals surface area (Å²) in [6.45, 7) is 2.13. The number of para-hydroxylation sites is 2. The summed E-state index contributed by atoms with van der Waals surface area (Å²) in [5.74, 6) is 1.13. The molecule has 2 heteroatoms. The van der Waals surface area contributed by atoms with Crippen LogP contribution in [0.2, 0.25) is 0 Å². The number of rotatable bonds is 2. The minimum atomic E-state index is 0.595. The number of aromatic nitrogens is 2. The second kappa shape index (κ2) is 5.60. The van der Waals surface area contributed by atoms with E-state index in [1.807, 2.05) is 0 Å². The highest BCUT2D eigenvalue weighted by Gasteiger charge is 2.21. The average Bonchev–Trinajstić information content (AvgIpc) is 2.96. The van der Waals surface area contributed by atoms with E-state index in [-0.39, 0.29) is 0 Å². The Kier molecular flexibility index (Phi) is 3.45. The van der Waals surface area contributed by atoms with Crippen molar-refractivity contribution in [3.05, 3.63) is 54.1 Å². The molecule has 1 saturated carbocycles. The topological polar surface area (TPSA) is 17.8 Å². The highest BCUT2D eigenvalue weighted by atomic mass is 15.1. The molecule has 0 unspecified atom stereocenters. The number of benzene rings is 2. The molecule has 4 rings (SSSR count). The van der Waals surface area contributed by atoms with Gasteiger partial charge in [0.2, 0.25) is 0 Å². The van der Waals surface area contributed by atoms with Gasteiger partial charge in [-0.05, 0) is 31.9 Å². The van der Waals surface area contributed by atoms with Crippen molar-refractivity contribution >= 4 is 11.0 Å². The molecule has 3 aromatic rings. The summed E-state index contributed by atoms with van der Waals surface area (Å²) in [6, 6.07) is 17.9. The van der Waals surface area contributed by atoms with Gasteiger partial charge in [0, 0.05) is 11.6 Å².